The monoisotopic (exact) mass is 447 g/mol. The van der Waals surface area contributed by atoms with Crippen molar-refractivity contribution in [2.24, 2.45) is 5.92 Å². The molecule has 1 saturated heterocycles. The molecule has 0 aliphatic carbocycles. The van der Waals surface area contributed by atoms with Gasteiger partial charge in [0.1, 0.15) is 17.8 Å². The van der Waals surface area contributed by atoms with E-state index in [1.54, 1.807) is 26.2 Å². The van der Waals surface area contributed by atoms with Gasteiger partial charge in [-0.3, -0.25) is 4.79 Å². The highest BCUT2D eigenvalue weighted by Gasteiger charge is 2.47. The van der Waals surface area contributed by atoms with E-state index < -0.39 is 23.7 Å². The van der Waals surface area contributed by atoms with Crippen molar-refractivity contribution < 1.29 is 22.7 Å². The van der Waals surface area contributed by atoms with Crippen molar-refractivity contribution in [2.45, 2.75) is 39.3 Å². The fourth-order valence-corrected chi connectivity index (χ4v) is 4.41. The number of aryl methyl sites for hydroxylation is 2. The third-order valence-corrected chi connectivity index (χ3v) is 6.15. The van der Waals surface area contributed by atoms with Gasteiger partial charge in [0, 0.05) is 12.1 Å². The Morgan fingerprint density at radius 2 is 1.94 bits per heavy atom. The molecule has 0 bridgehead atoms. The Morgan fingerprint density at radius 1 is 1.25 bits per heavy atom. The highest BCUT2D eigenvalue weighted by Crippen LogP contribution is 2.41. The van der Waals surface area contributed by atoms with E-state index in [2.05, 4.69) is 15.1 Å². The van der Waals surface area contributed by atoms with Gasteiger partial charge in [0.15, 0.2) is 5.67 Å². The van der Waals surface area contributed by atoms with E-state index in [9.17, 15) is 13.6 Å². The van der Waals surface area contributed by atoms with Crippen LogP contribution in [0, 0.1) is 19.8 Å². The molecule has 1 fully saturated rings. The SMILES string of the molecule is COc1c(C)cc(C(=O)N2CCC(C)[C@@](F)(c3cc(C(F)F)nc4ncnn34)C2)cc1C. The summed E-state index contributed by atoms with van der Waals surface area (Å²) in [7, 11) is 1.56. The molecule has 1 amide bonds. The summed E-state index contributed by atoms with van der Waals surface area (Å²) in [5, 5.41) is 3.99. The number of methoxy groups -OCH3 is 1. The van der Waals surface area contributed by atoms with Crippen LogP contribution in [0.1, 0.15) is 52.6 Å². The molecule has 1 unspecified atom stereocenters. The molecular formula is C22H24F3N5O2. The molecule has 170 valence electrons. The number of rotatable bonds is 4. The number of alkyl halides is 3. The normalized spacial score (nSPS) is 21.4. The van der Waals surface area contributed by atoms with E-state index in [0.29, 0.717) is 24.3 Å². The molecule has 0 radical (unpaired) electrons. The topological polar surface area (TPSA) is 72.6 Å². The maximum absolute atomic E-state index is 16.6. The molecule has 10 heteroatoms. The zero-order chi connectivity index (χ0) is 23.2. The van der Waals surface area contributed by atoms with Gasteiger partial charge in [-0.15, -0.1) is 0 Å². The number of benzene rings is 1. The second-order valence-electron chi connectivity index (χ2n) is 8.26. The molecule has 2 aromatic heterocycles. The summed E-state index contributed by atoms with van der Waals surface area (Å²) in [6, 6.07) is 4.45. The largest absolute Gasteiger partial charge is 0.496 e. The zero-order valence-corrected chi connectivity index (χ0v) is 18.3. The van der Waals surface area contributed by atoms with Gasteiger partial charge in [0.2, 0.25) is 0 Å². The summed E-state index contributed by atoms with van der Waals surface area (Å²) in [6.07, 6.45) is -1.39. The fourth-order valence-electron chi connectivity index (χ4n) is 4.41. The minimum atomic E-state index is -2.89. The molecule has 32 heavy (non-hydrogen) atoms. The Hall–Kier alpha value is -3.17. The number of halogens is 3. The number of hydrogen-bond acceptors (Lipinski definition) is 5. The van der Waals surface area contributed by atoms with Crippen molar-refractivity contribution in [3.8, 4) is 5.75 Å². The van der Waals surface area contributed by atoms with Crippen molar-refractivity contribution >= 4 is 11.7 Å². The number of carbonyl (C=O) groups excluding carboxylic acids is 1. The van der Waals surface area contributed by atoms with Crippen LogP contribution >= 0.6 is 0 Å². The summed E-state index contributed by atoms with van der Waals surface area (Å²) in [4.78, 5) is 22.3. The van der Waals surface area contributed by atoms with Crippen LogP contribution in [-0.4, -0.2) is 50.6 Å². The van der Waals surface area contributed by atoms with Crippen LogP contribution in [0.25, 0.3) is 5.78 Å². The van der Waals surface area contributed by atoms with Crippen LogP contribution in [0.5, 0.6) is 5.75 Å². The van der Waals surface area contributed by atoms with E-state index in [1.807, 2.05) is 13.8 Å². The van der Waals surface area contributed by atoms with Crippen molar-refractivity contribution in [3.63, 3.8) is 0 Å². The highest BCUT2D eigenvalue weighted by molar-refractivity contribution is 5.95. The van der Waals surface area contributed by atoms with Crippen LogP contribution in [0.4, 0.5) is 13.2 Å². The van der Waals surface area contributed by atoms with Crippen LogP contribution in [0.2, 0.25) is 0 Å². The number of likely N-dealkylation sites (tertiary alicyclic amines) is 1. The van der Waals surface area contributed by atoms with E-state index >= 15 is 4.39 Å². The minimum Gasteiger partial charge on any atom is -0.496 e. The number of carbonyl (C=O) groups is 1. The van der Waals surface area contributed by atoms with Crippen LogP contribution in [-0.2, 0) is 5.67 Å². The van der Waals surface area contributed by atoms with Crippen molar-refractivity contribution in [1.82, 2.24) is 24.5 Å². The van der Waals surface area contributed by atoms with Gasteiger partial charge >= 0.3 is 0 Å². The minimum absolute atomic E-state index is 0.0811. The third-order valence-electron chi connectivity index (χ3n) is 6.15. The molecule has 3 heterocycles. The quantitative estimate of drug-likeness (QED) is 0.604. The highest BCUT2D eigenvalue weighted by atomic mass is 19.3. The summed E-state index contributed by atoms with van der Waals surface area (Å²) >= 11 is 0. The van der Waals surface area contributed by atoms with Crippen molar-refractivity contribution in [1.29, 1.82) is 0 Å². The van der Waals surface area contributed by atoms with Crippen LogP contribution < -0.4 is 4.74 Å². The summed E-state index contributed by atoms with van der Waals surface area (Å²) in [5.41, 5.74) is -0.743. The first kappa shape index (κ1) is 22.0. The number of aromatic nitrogens is 4. The lowest BCUT2D eigenvalue weighted by atomic mass is 9.81. The van der Waals surface area contributed by atoms with E-state index in [4.69, 9.17) is 4.74 Å². The standard InChI is InChI=1S/C22H24F3N5O2/c1-12-7-15(8-13(2)18(12)32-4)20(31)29-6-5-14(3)22(25,10-29)17-9-16(19(23)24)28-21-26-11-27-30(17)21/h7-9,11,14,19H,5-6,10H2,1-4H3/t14?,22-/m1/s1. The van der Waals surface area contributed by atoms with Gasteiger partial charge in [-0.05, 0) is 55.5 Å². The first-order chi connectivity index (χ1) is 15.2. The van der Waals surface area contributed by atoms with Crippen molar-refractivity contribution in [2.75, 3.05) is 20.2 Å². The molecule has 0 spiro atoms. The molecule has 4 rings (SSSR count). The van der Waals surface area contributed by atoms with Gasteiger partial charge in [0.05, 0.1) is 19.3 Å². The van der Waals surface area contributed by atoms with E-state index in [0.717, 1.165) is 28.0 Å². The Labute approximate surface area is 183 Å². The van der Waals surface area contributed by atoms with E-state index in [-0.39, 0.29) is 23.9 Å². The lowest BCUT2D eigenvalue weighted by Crippen LogP contribution is -2.51. The molecule has 1 aromatic carbocycles. The van der Waals surface area contributed by atoms with Gasteiger partial charge in [-0.1, -0.05) is 6.92 Å². The Balaban J connectivity index is 1.73. The Bertz CT molecular complexity index is 1160. The molecule has 0 saturated carbocycles. The fraction of sp³-hybridized carbons (Fsp3) is 0.455. The maximum Gasteiger partial charge on any atom is 0.280 e. The molecule has 2 atom stereocenters. The van der Waals surface area contributed by atoms with Gasteiger partial charge in [0.25, 0.3) is 18.1 Å². The van der Waals surface area contributed by atoms with Crippen molar-refractivity contribution in [3.05, 3.63) is 52.6 Å². The average Bonchev–Trinajstić information content (AvgIpc) is 3.23. The van der Waals surface area contributed by atoms with E-state index in [1.165, 1.54) is 4.90 Å². The smallest absolute Gasteiger partial charge is 0.280 e. The van der Waals surface area contributed by atoms with Crippen LogP contribution in [0.3, 0.4) is 0 Å². The molecule has 3 aromatic rings. The summed E-state index contributed by atoms with van der Waals surface area (Å²) in [5.74, 6) is -0.276. The number of amides is 1. The lowest BCUT2D eigenvalue weighted by Gasteiger charge is -2.42. The lowest BCUT2D eigenvalue weighted by molar-refractivity contribution is -0.00578. The molecule has 1 aliphatic rings. The number of hydrogen-bond donors (Lipinski definition) is 0. The summed E-state index contributed by atoms with van der Waals surface area (Å²) in [6.45, 7) is 5.44. The number of piperidine rings is 1. The second kappa shape index (κ2) is 8.07. The predicted molar refractivity (Wildman–Crippen MR) is 111 cm³/mol. The molecule has 0 N–H and O–H groups in total. The zero-order valence-electron chi connectivity index (χ0n) is 18.3. The first-order valence-electron chi connectivity index (χ1n) is 10.3. The molecule has 7 nitrogen and oxygen atoms in total. The number of ether oxygens (including phenoxy) is 1. The third kappa shape index (κ3) is 3.57. The van der Waals surface area contributed by atoms with Gasteiger partial charge < -0.3 is 9.64 Å². The predicted octanol–water partition coefficient (Wildman–Crippen LogP) is 4.03. The molecular weight excluding hydrogens is 423 g/mol. The average molecular weight is 447 g/mol. The second-order valence-corrected chi connectivity index (χ2v) is 8.26. The maximum atomic E-state index is 16.6. The Kier molecular flexibility index (Phi) is 5.56. The number of nitrogens with zero attached hydrogens (tertiary/aromatic N) is 5. The van der Waals surface area contributed by atoms with Crippen LogP contribution in [0.15, 0.2) is 24.5 Å². The van der Waals surface area contributed by atoms with Gasteiger partial charge in [-0.2, -0.15) is 14.6 Å². The molecule has 1 aliphatic heterocycles. The number of fused-ring (bicyclic) bond motifs is 1. The van der Waals surface area contributed by atoms with Gasteiger partial charge in [-0.25, -0.2) is 18.2 Å². The first-order valence-corrected chi connectivity index (χ1v) is 10.3. The summed E-state index contributed by atoms with van der Waals surface area (Å²) < 4.78 is 49.9. The Morgan fingerprint density at radius 3 is 2.56 bits per heavy atom.